The number of aryl methyl sites for hydroxylation is 1. The van der Waals surface area contributed by atoms with Gasteiger partial charge in [0.2, 0.25) is 0 Å². The van der Waals surface area contributed by atoms with E-state index in [1.54, 1.807) is 20.8 Å². The number of nitrogens with zero attached hydrogens (tertiary/aromatic N) is 1. The molecule has 0 radical (unpaired) electrons. The van der Waals surface area contributed by atoms with Crippen molar-refractivity contribution in [1.82, 2.24) is 10.3 Å². The van der Waals surface area contributed by atoms with Crippen LogP contribution in [0.3, 0.4) is 0 Å². The molecule has 0 aliphatic carbocycles. The van der Waals surface area contributed by atoms with Crippen molar-refractivity contribution in [2.45, 2.75) is 32.4 Å². The highest BCUT2D eigenvalue weighted by atomic mass is 32.2. The molecule has 1 aromatic heterocycles. The van der Waals surface area contributed by atoms with Crippen molar-refractivity contribution in [3.05, 3.63) is 29.1 Å². The summed E-state index contributed by atoms with van der Waals surface area (Å²) in [7, 11) is -3.31. The lowest BCUT2D eigenvalue weighted by Crippen LogP contribution is -2.36. The number of rotatable bonds is 5. The molecule has 0 spiro atoms. The van der Waals surface area contributed by atoms with Crippen LogP contribution in [0, 0.1) is 6.92 Å². The van der Waals surface area contributed by atoms with E-state index in [1.807, 2.05) is 0 Å². The maximum absolute atomic E-state index is 11.9. The van der Waals surface area contributed by atoms with Gasteiger partial charge in [-0.25, -0.2) is 18.2 Å². The van der Waals surface area contributed by atoms with Crippen LogP contribution < -0.4 is 5.32 Å². The Bertz CT molecular complexity index is 690. The Morgan fingerprint density at radius 1 is 1.27 bits per heavy atom. The molecular formula is C14H20N2O5S. The fourth-order valence-corrected chi connectivity index (χ4v) is 2.59. The Morgan fingerprint density at radius 3 is 2.32 bits per heavy atom. The molecule has 1 amide bonds. The van der Waals surface area contributed by atoms with Gasteiger partial charge in [-0.15, -0.1) is 0 Å². The molecule has 2 N–H and O–H groups in total. The summed E-state index contributed by atoms with van der Waals surface area (Å²) < 4.78 is 22.9. The first-order valence-corrected chi connectivity index (χ1v) is 8.32. The van der Waals surface area contributed by atoms with Crippen LogP contribution in [0.1, 0.15) is 47.3 Å². The number of aromatic carboxylic acids is 1. The number of carbonyl (C=O) groups is 2. The van der Waals surface area contributed by atoms with Crippen LogP contribution in [0.2, 0.25) is 0 Å². The average molecular weight is 328 g/mol. The number of nitrogens with one attached hydrogen (secondary N) is 1. The van der Waals surface area contributed by atoms with Gasteiger partial charge in [0.15, 0.2) is 9.84 Å². The molecule has 0 unspecified atom stereocenters. The Morgan fingerprint density at radius 2 is 1.86 bits per heavy atom. The number of carboxylic acids is 1. The summed E-state index contributed by atoms with van der Waals surface area (Å²) in [5, 5.41) is 11.4. The summed E-state index contributed by atoms with van der Waals surface area (Å²) in [6.45, 7) is 6.25. The third kappa shape index (κ3) is 4.27. The number of carboxylic acid groups (broad SMARTS) is 1. The molecule has 1 aromatic rings. The molecule has 22 heavy (non-hydrogen) atoms. The number of hydrogen-bond acceptors (Lipinski definition) is 5. The van der Waals surface area contributed by atoms with Crippen molar-refractivity contribution in [1.29, 1.82) is 0 Å². The van der Waals surface area contributed by atoms with Gasteiger partial charge in [-0.2, -0.15) is 0 Å². The van der Waals surface area contributed by atoms with Gasteiger partial charge in [0.1, 0.15) is 5.69 Å². The van der Waals surface area contributed by atoms with Gasteiger partial charge in [-0.05, 0) is 39.8 Å². The second-order valence-corrected chi connectivity index (χ2v) is 8.68. The van der Waals surface area contributed by atoms with Gasteiger partial charge in [0, 0.05) is 6.54 Å². The first kappa shape index (κ1) is 18.1. The van der Waals surface area contributed by atoms with E-state index in [9.17, 15) is 18.0 Å². The molecule has 0 aliphatic heterocycles. The van der Waals surface area contributed by atoms with Gasteiger partial charge in [0.05, 0.1) is 21.8 Å². The quantitative estimate of drug-likeness (QED) is 0.834. The Kier molecular flexibility index (Phi) is 5.29. The van der Waals surface area contributed by atoms with Gasteiger partial charge in [-0.1, -0.05) is 0 Å². The number of carbonyl (C=O) groups excluding carboxylic acids is 1. The number of pyridine rings is 1. The minimum atomic E-state index is -3.31. The maximum atomic E-state index is 11.9. The Balaban J connectivity index is 2.72. The molecule has 0 fully saturated rings. The second kappa shape index (κ2) is 6.43. The summed E-state index contributed by atoms with van der Waals surface area (Å²) in [4.78, 5) is 26.7. The van der Waals surface area contributed by atoms with Gasteiger partial charge >= 0.3 is 5.97 Å². The fourth-order valence-electron chi connectivity index (χ4n) is 1.61. The van der Waals surface area contributed by atoms with Crippen LogP contribution in [-0.4, -0.2) is 47.4 Å². The number of hydrogen-bond donors (Lipinski definition) is 2. The normalized spacial score (nSPS) is 12.0. The molecule has 0 saturated heterocycles. The lowest BCUT2D eigenvalue weighted by molar-refractivity contribution is 0.0694. The third-order valence-corrected chi connectivity index (χ3v) is 5.75. The van der Waals surface area contributed by atoms with Crippen LogP contribution in [0.15, 0.2) is 12.1 Å². The molecule has 8 heteroatoms. The minimum absolute atomic E-state index is 0.0202. The van der Waals surface area contributed by atoms with Gasteiger partial charge in [0.25, 0.3) is 5.91 Å². The zero-order chi connectivity index (χ0) is 17.1. The second-order valence-electron chi connectivity index (χ2n) is 5.82. The van der Waals surface area contributed by atoms with Crippen molar-refractivity contribution in [2.75, 3.05) is 12.3 Å². The molecule has 0 atom stereocenters. The highest BCUT2D eigenvalue weighted by molar-refractivity contribution is 7.92. The minimum Gasteiger partial charge on any atom is -0.478 e. The van der Waals surface area contributed by atoms with Gasteiger partial charge in [-0.3, -0.25) is 4.79 Å². The zero-order valence-corrected chi connectivity index (χ0v) is 13.8. The predicted molar refractivity (Wildman–Crippen MR) is 81.8 cm³/mol. The summed E-state index contributed by atoms with van der Waals surface area (Å²) in [6.07, 6.45) is 0. The largest absolute Gasteiger partial charge is 0.478 e. The van der Waals surface area contributed by atoms with E-state index in [1.165, 1.54) is 19.1 Å². The number of amides is 1. The zero-order valence-electron chi connectivity index (χ0n) is 13.0. The summed E-state index contributed by atoms with van der Waals surface area (Å²) in [5.74, 6) is -1.83. The van der Waals surface area contributed by atoms with E-state index >= 15 is 0 Å². The molecule has 1 rings (SSSR count). The molecule has 0 bridgehead atoms. The standard InChI is InChI=1S/C14H20N2O5S/c1-9-10(13(18)19)5-6-11(16-9)12(17)15-7-8-22(20,21)14(2,3)4/h5-6H,7-8H2,1-4H3,(H,15,17)(H,18,19). The fraction of sp³-hybridized carbons (Fsp3) is 0.500. The first-order valence-electron chi connectivity index (χ1n) is 6.67. The highest BCUT2D eigenvalue weighted by Gasteiger charge is 2.28. The molecule has 1 heterocycles. The molecular weight excluding hydrogens is 308 g/mol. The van der Waals surface area contributed by atoms with E-state index in [2.05, 4.69) is 10.3 Å². The highest BCUT2D eigenvalue weighted by Crippen LogP contribution is 2.15. The van der Waals surface area contributed by atoms with Crippen molar-refractivity contribution in [3.63, 3.8) is 0 Å². The number of sulfone groups is 1. The smallest absolute Gasteiger partial charge is 0.337 e. The molecule has 0 saturated carbocycles. The van der Waals surface area contributed by atoms with Crippen LogP contribution in [0.5, 0.6) is 0 Å². The maximum Gasteiger partial charge on any atom is 0.337 e. The molecule has 0 aromatic carbocycles. The third-order valence-electron chi connectivity index (χ3n) is 3.14. The Labute approximate surface area is 129 Å². The lowest BCUT2D eigenvalue weighted by atomic mass is 10.2. The van der Waals surface area contributed by atoms with E-state index in [4.69, 9.17) is 5.11 Å². The van der Waals surface area contributed by atoms with Gasteiger partial charge < -0.3 is 10.4 Å². The summed E-state index contributed by atoms with van der Waals surface area (Å²) >= 11 is 0. The average Bonchev–Trinajstić information content (AvgIpc) is 2.36. The van der Waals surface area contributed by atoms with Crippen LogP contribution in [-0.2, 0) is 9.84 Å². The van der Waals surface area contributed by atoms with Crippen LogP contribution >= 0.6 is 0 Å². The van der Waals surface area contributed by atoms with Crippen molar-refractivity contribution >= 4 is 21.7 Å². The van der Waals surface area contributed by atoms with E-state index < -0.39 is 26.5 Å². The SMILES string of the molecule is Cc1nc(C(=O)NCCS(=O)(=O)C(C)(C)C)ccc1C(=O)O. The first-order chi connectivity index (χ1) is 9.95. The van der Waals surface area contributed by atoms with Crippen molar-refractivity contribution in [2.24, 2.45) is 0 Å². The molecule has 0 aliphatic rings. The van der Waals surface area contributed by atoms with E-state index in [0.29, 0.717) is 0 Å². The summed E-state index contributed by atoms with van der Waals surface area (Å²) in [5.41, 5.74) is 0.296. The molecule has 7 nitrogen and oxygen atoms in total. The monoisotopic (exact) mass is 328 g/mol. The molecule has 122 valence electrons. The van der Waals surface area contributed by atoms with E-state index in [-0.39, 0.29) is 29.2 Å². The van der Waals surface area contributed by atoms with Crippen LogP contribution in [0.4, 0.5) is 0 Å². The lowest BCUT2D eigenvalue weighted by Gasteiger charge is -2.19. The van der Waals surface area contributed by atoms with Crippen molar-refractivity contribution < 1.29 is 23.1 Å². The van der Waals surface area contributed by atoms with Crippen LogP contribution in [0.25, 0.3) is 0 Å². The van der Waals surface area contributed by atoms with Crippen molar-refractivity contribution in [3.8, 4) is 0 Å². The predicted octanol–water partition coefficient (Wildman–Crippen LogP) is 1.03. The number of aromatic nitrogens is 1. The summed E-state index contributed by atoms with van der Waals surface area (Å²) in [6, 6.07) is 2.59. The Hall–Kier alpha value is -1.96. The van der Waals surface area contributed by atoms with E-state index in [0.717, 1.165) is 0 Å². The topological polar surface area (TPSA) is 113 Å².